The van der Waals surface area contributed by atoms with Gasteiger partial charge in [0, 0.05) is 49.4 Å². The van der Waals surface area contributed by atoms with Crippen LogP contribution in [0.25, 0.3) is 82.9 Å². The van der Waals surface area contributed by atoms with Crippen molar-refractivity contribution >= 4 is 138 Å². The summed E-state index contributed by atoms with van der Waals surface area (Å²) in [5.74, 6) is 4.97. The molecule has 9 aromatic carbocycles. The maximum absolute atomic E-state index is 5.78. The lowest BCUT2D eigenvalue weighted by molar-refractivity contribution is 1.06. The first-order chi connectivity index (χ1) is 41.7. The third kappa shape index (κ3) is 6.11. The second-order valence-corrected chi connectivity index (χ2v) is 22.0. The number of aromatic nitrogens is 6. The Bertz CT molecular complexity index is 4560. The Kier molecular flexibility index (Phi) is 9.31. The molecule has 0 bridgehead atoms. The molecule has 4 aliphatic rings. The molecule has 1 saturated heterocycles. The quantitative estimate of drug-likeness (QED) is 0.151. The van der Waals surface area contributed by atoms with Crippen molar-refractivity contribution in [3.8, 4) is 17.5 Å². The fraction of sp³-hybridized carbons (Fsp3) is 0. The minimum absolute atomic E-state index is 0.474. The summed E-state index contributed by atoms with van der Waals surface area (Å²) >= 11 is 0. The molecule has 84 heavy (non-hydrogen) atoms. The van der Waals surface area contributed by atoms with E-state index in [2.05, 4.69) is 315 Å². The largest absolute Gasteiger partial charge is 0.490 e. The Labute approximate surface area is 483 Å². The van der Waals surface area contributed by atoms with Crippen molar-refractivity contribution in [3.63, 3.8) is 0 Å². The van der Waals surface area contributed by atoms with Crippen LogP contribution in [0.4, 0.5) is 51.6 Å². The molecule has 0 aliphatic carbocycles. The van der Waals surface area contributed by atoms with Crippen LogP contribution < -0.4 is 28.6 Å². The summed E-state index contributed by atoms with van der Waals surface area (Å²) in [4.78, 5) is 24.7. The first-order valence-electron chi connectivity index (χ1n) is 28.6. The average Bonchev–Trinajstić information content (AvgIpc) is 1.70. The first kappa shape index (κ1) is 45.5. The van der Waals surface area contributed by atoms with Gasteiger partial charge in [0.15, 0.2) is 0 Å². The highest BCUT2D eigenvalue weighted by Gasteiger charge is 2.70. The van der Waals surface area contributed by atoms with E-state index in [0.717, 1.165) is 102 Å². The molecule has 0 unspecified atom stereocenters. The van der Waals surface area contributed by atoms with E-state index < -0.39 is 21.4 Å². The van der Waals surface area contributed by atoms with Gasteiger partial charge in [0.25, 0.3) is 0 Å². The zero-order chi connectivity index (χ0) is 54.7. The minimum Gasteiger partial charge on any atom is -0.382 e. The molecule has 0 N–H and O–H groups in total. The van der Waals surface area contributed by atoms with Crippen LogP contribution in [-0.4, -0.2) is 50.0 Å². The predicted octanol–water partition coefficient (Wildman–Crippen LogP) is 15.4. The van der Waals surface area contributed by atoms with Crippen molar-refractivity contribution in [2.45, 2.75) is 0 Å². The first-order valence-corrected chi connectivity index (χ1v) is 28.6. The molecule has 1 fully saturated rings. The van der Waals surface area contributed by atoms with Crippen LogP contribution in [0.2, 0.25) is 0 Å². The number of anilines is 9. The van der Waals surface area contributed by atoms with E-state index in [-0.39, 0.29) is 0 Å². The van der Waals surface area contributed by atoms with Gasteiger partial charge < -0.3 is 28.6 Å². The van der Waals surface area contributed by atoms with Gasteiger partial charge in [-0.15, -0.1) is 0 Å². The topological polar surface area (TPSA) is 72.9 Å². The number of benzene rings is 9. The maximum atomic E-state index is 5.78. The average molecular weight is 1070 g/mol. The number of hydrogen-bond acceptors (Lipinski definition) is 9. The number of para-hydroxylation sites is 12. The molecular formula is C69H45B3N12. The van der Waals surface area contributed by atoms with E-state index in [1.165, 1.54) is 32.3 Å². The highest BCUT2D eigenvalue weighted by molar-refractivity contribution is 7.11. The summed E-state index contributed by atoms with van der Waals surface area (Å²) < 4.78 is 14.7. The van der Waals surface area contributed by atoms with E-state index in [9.17, 15) is 0 Å². The van der Waals surface area contributed by atoms with Gasteiger partial charge in [-0.1, -0.05) is 164 Å². The van der Waals surface area contributed by atoms with Gasteiger partial charge in [0.05, 0.1) is 50.2 Å². The monoisotopic (exact) mass is 1070 g/mol. The Balaban J connectivity index is 0.856. The predicted molar refractivity (Wildman–Crippen MR) is 346 cm³/mol. The molecule has 15 aromatic rings. The molecule has 0 radical (unpaired) electrons. The highest BCUT2D eigenvalue weighted by Crippen LogP contribution is 2.57. The smallest absolute Gasteiger partial charge is 0.382 e. The molecule has 15 heteroatoms. The third-order valence-corrected chi connectivity index (χ3v) is 17.8. The molecule has 0 saturated carbocycles. The van der Waals surface area contributed by atoms with Crippen molar-refractivity contribution in [1.82, 2.24) is 28.7 Å². The van der Waals surface area contributed by atoms with E-state index >= 15 is 0 Å². The van der Waals surface area contributed by atoms with Crippen LogP contribution in [0.3, 0.4) is 0 Å². The van der Waals surface area contributed by atoms with Crippen molar-refractivity contribution in [1.29, 1.82) is 0 Å². The number of fused-ring (bicyclic) bond motifs is 21. The van der Waals surface area contributed by atoms with E-state index in [1.54, 1.807) is 0 Å². The molecule has 0 atom stereocenters. The second-order valence-electron chi connectivity index (χ2n) is 22.0. The fourth-order valence-corrected chi connectivity index (χ4v) is 14.5. The molecule has 390 valence electrons. The Hall–Kier alpha value is -11.2. The number of nitrogens with zero attached hydrogens (tertiary/aromatic N) is 12. The molecule has 6 aromatic heterocycles. The normalized spacial score (nSPS) is 14.2. The van der Waals surface area contributed by atoms with E-state index in [0.29, 0.717) is 0 Å². The lowest BCUT2D eigenvalue weighted by Gasteiger charge is -2.51. The lowest BCUT2D eigenvalue weighted by atomic mass is 9.55. The maximum Gasteiger partial charge on any atom is 0.490 e. The molecule has 0 spiro atoms. The van der Waals surface area contributed by atoms with Crippen molar-refractivity contribution in [2.24, 2.45) is 0 Å². The van der Waals surface area contributed by atoms with Crippen molar-refractivity contribution in [3.05, 3.63) is 273 Å². The molecule has 4 aliphatic heterocycles. The van der Waals surface area contributed by atoms with Crippen molar-refractivity contribution in [2.75, 3.05) is 28.6 Å². The summed E-state index contributed by atoms with van der Waals surface area (Å²) in [5.41, 5.74) is 13.0. The summed E-state index contributed by atoms with van der Waals surface area (Å²) in [6, 6.07) is 97.9. The Morgan fingerprint density at radius 2 is 0.393 bits per heavy atom. The number of pyridine rings is 3. The molecule has 12 nitrogen and oxygen atoms in total. The van der Waals surface area contributed by atoms with Crippen LogP contribution in [-0.2, 0) is 0 Å². The summed E-state index contributed by atoms with van der Waals surface area (Å²) in [6.07, 6.45) is 0. The van der Waals surface area contributed by atoms with Gasteiger partial charge in [-0.3, -0.25) is 13.7 Å². The molecular weight excluding hydrogens is 1030 g/mol. The Morgan fingerprint density at radius 3 is 0.643 bits per heavy atom. The number of rotatable bonds is 6. The summed E-state index contributed by atoms with van der Waals surface area (Å²) in [7, 11) is -1.42. The van der Waals surface area contributed by atoms with E-state index in [4.69, 9.17) is 15.0 Å². The summed E-state index contributed by atoms with van der Waals surface area (Å²) in [6.45, 7) is 0. The van der Waals surface area contributed by atoms with Gasteiger partial charge in [0.1, 0.15) is 34.9 Å². The van der Waals surface area contributed by atoms with Gasteiger partial charge in [-0.05, 0) is 109 Å². The zero-order valence-electron chi connectivity index (χ0n) is 45.1. The lowest BCUT2D eigenvalue weighted by Crippen LogP contribution is -2.83. The third-order valence-electron chi connectivity index (χ3n) is 17.8. The van der Waals surface area contributed by atoms with Gasteiger partial charge in [-0.2, -0.15) is 0 Å². The SMILES string of the molecule is c1cc(N2B3N(B4N(B5N3c3ccccc3N5c3cccc(-n5c6ccccc6c6ccccc65)n3)c3ccccc3N4c3cccc(-n4c5ccccc5c5ccccc54)n3)c3ccccc32)nc(-n2c3ccccc3c3ccccc32)c1. The highest BCUT2D eigenvalue weighted by atomic mass is 15.6. The Morgan fingerprint density at radius 1 is 0.190 bits per heavy atom. The van der Waals surface area contributed by atoms with Crippen LogP contribution in [0.15, 0.2) is 273 Å². The van der Waals surface area contributed by atoms with Gasteiger partial charge in [-0.25, -0.2) is 15.0 Å². The van der Waals surface area contributed by atoms with Crippen LogP contribution in [0.1, 0.15) is 0 Å². The van der Waals surface area contributed by atoms with Gasteiger partial charge >= 0.3 is 21.4 Å². The fourth-order valence-electron chi connectivity index (χ4n) is 14.5. The zero-order valence-corrected chi connectivity index (χ0v) is 45.1. The standard InChI is InChI=1S/C69H45B3N12/c1-7-28-52-46(22-1)47-23-2-8-29-53(47)76(52)64-40-19-43-67(73-64)79-58-34-13-16-37-61(58)82-70(79)83-62-38-17-14-35-59(62)80(68-44-20-41-65(74-68)77-54-30-9-3-24-48(54)49-25-4-10-31-55(49)77)72(83)84-63-39-18-15-36-60(63)81(71(82)84)69-45-21-42-66(75-69)78-56-32-11-5-26-50(56)51-27-6-12-33-57(51)78/h1-45H. The molecule has 0 amide bonds. The minimum atomic E-state index is -0.474. The van der Waals surface area contributed by atoms with Crippen molar-refractivity contribution < 1.29 is 0 Å². The number of hydrogen-bond donors (Lipinski definition) is 0. The summed E-state index contributed by atoms with van der Waals surface area (Å²) in [5, 5.41) is 7.14. The van der Waals surface area contributed by atoms with Crippen LogP contribution in [0, 0.1) is 0 Å². The van der Waals surface area contributed by atoms with Gasteiger partial charge in [0.2, 0.25) is 0 Å². The van der Waals surface area contributed by atoms with E-state index in [1.807, 2.05) is 0 Å². The second kappa shape index (κ2) is 17.2. The molecule has 19 rings (SSSR count). The van der Waals surface area contributed by atoms with Crippen LogP contribution >= 0.6 is 0 Å². The molecule has 10 heterocycles. The van der Waals surface area contributed by atoms with Crippen LogP contribution in [0.5, 0.6) is 0 Å².